The molecule has 7 heteroatoms. The van der Waals surface area contributed by atoms with E-state index in [1.54, 1.807) is 13.3 Å². The van der Waals surface area contributed by atoms with Gasteiger partial charge < -0.3 is 4.74 Å². The number of nitrogens with one attached hydrogen (secondary N) is 1. The molecule has 1 heterocycles. The normalized spacial score (nSPS) is 12.7. The Morgan fingerprint density at radius 2 is 2.14 bits per heavy atom. The molecule has 0 aliphatic heterocycles. The first kappa shape index (κ1) is 16.3. The molecule has 0 radical (unpaired) electrons. The van der Waals surface area contributed by atoms with Crippen LogP contribution in [0.25, 0.3) is 0 Å². The zero-order valence-electron chi connectivity index (χ0n) is 12.1. The second-order valence-electron chi connectivity index (χ2n) is 4.90. The second-order valence-corrected chi connectivity index (χ2v) is 6.22. The fourth-order valence-corrected chi connectivity index (χ4v) is 2.85. The van der Waals surface area contributed by atoms with E-state index in [0.29, 0.717) is 5.02 Å². The van der Waals surface area contributed by atoms with E-state index in [4.69, 9.17) is 22.2 Å². The van der Waals surface area contributed by atoms with E-state index < -0.39 is 0 Å². The maximum atomic E-state index is 6.31. The van der Waals surface area contributed by atoms with Gasteiger partial charge in [0.15, 0.2) is 0 Å². The predicted molar refractivity (Wildman–Crippen MR) is 87.5 cm³/mol. The monoisotopic (exact) mass is 372 g/mol. The number of halogens is 2. The topological polar surface area (TPSA) is 65.1 Å². The lowest BCUT2D eigenvalue weighted by Gasteiger charge is -2.22. The van der Waals surface area contributed by atoms with E-state index in [2.05, 4.69) is 26.5 Å². The molecular formula is C14H18BrClN4O. The molecule has 0 bridgehead atoms. The van der Waals surface area contributed by atoms with Crippen molar-refractivity contribution in [2.24, 2.45) is 5.84 Å². The van der Waals surface area contributed by atoms with Crippen LogP contribution >= 0.6 is 27.5 Å². The van der Waals surface area contributed by atoms with Gasteiger partial charge in [0.1, 0.15) is 5.75 Å². The lowest BCUT2D eigenvalue weighted by Crippen LogP contribution is -2.31. The van der Waals surface area contributed by atoms with E-state index in [0.717, 1.165) is 21.5 Å². The Labute approximate surface area is 137 Å². The minimum Gasteiger partial charge on any atom is -0.496 e. The van der Waals surface area contributed by atoms with E-state index in [1.807, 2.05) is 36.7 Å². The third kappa shape index (κ3) is 3.23. The maximum absolute atomic E-state index is 6.31. The largest absolute Gasteiger partial charge is 0.496 e. The molecule has 2 aromatic rings. The molecule has 3 N–H and O–H groups in total. The number of rotatable bonds is 5. The molecule has 1 atom stereocenters. The van der Waals surface area contributed by atoms with Gasteiger partial charge in [0, 0.05) is 16.1 Å². The molecule has 1 aromatic heterocycles. The summed E-state index contributed by atoms with van der Waals surface area (Å²) in [6.07, 6.45) is 1.63. The first-order valence-corrected chi connectivity index (χ1v) is 7.69. The van der Waals surface area contributed by atoms with Crippen LogP contribution in [0.1, 0.15) is 37.2 Å². The summed E-state index contributed by atoms with van der Waals surface area (Å²) in [5, 5.41) is 4.89. The predicted octanol–water partition coefficient (Wildman–Crippen LogP) is 3.44. The van der Waals surface area contributed by atoms with Crippen LogP contribution < -0.4 is 16.0 Å². The first-order valence-electron chi connectivity index (χ1n) is 6.52. The van der Waals surface area contributed by atoms with Crippen molar-refractivity contribution in [1.82, 2.24) is 15.2 Å². The van der Waals surface area contributed by atoms with Crippen LogP contribution in [0.4, 0.5) is 0 Å². The molecule has 2 rings (SSSR count). The van der Waals surface area contributed by atoms with Crippen LogP contribution in [0, 0.1) is 0 Å². The van der Waals surface area contributed by atoms with Crippen LogP contribution in [0.3, 0.4) is 0 Å². The van der Waals surface area contributed by atoms with Crippen molar-refractivity contribution in [2.45, 2.75) is 25.9 Å². The Morgan fingerprint density at radius 1 is 1.43 bits per heavy atom. The Balaban J connectivity index is 2.57. The lowest BCUT2D eigenvalue weighted by atomic mass is 10.0. The van der Waals surface area contributed by atoms with Gasteiger partial charge in [0.2, 0.25) is 0 Å². The molecule has 1 aromatic carbocycles. The molecule has 0 amide bonds. The minimum absolute atomic E-state index is 0.171. The zero-order chi connectivity index (χ0) is 15.6. The SMILES string of the molecule is COc1cc(Br)ccc1C(NN)c1c(Cl)cnn1C(C)C. The van der Waals surface area contributed by atoms with Crippen molar-refractivity contribution in [2.75, 3.05) is 7.11 Å². The standard InChI is InChI=1S/C14H18BrClN4O/c1-8(2)20-14(11(16)7-18-20)13(19-17)10-5-4-9(15)6-12(10)21-3/h4-8,13,19H,17H2,1-3H3. The van der Waals surface area contributed by atoms with Crippen molar-refractivity contribution >= 4 is 27.5 Å². The highest BCUT2D eigenvalue weighted by Crippen LogP contribution is 2.35. The fraction of sp³-hybridized carbons (Fsp3) is 0.357. The van der Waals surface area contributed by atoms with Gasteiger partial charge in [-0.15, -0.1) is 0 Å². The fourth-order valence-electron chi connectivity index (χ4n) is 2.27. The van der Waals surface area contributed by atoms with Gasteiger partial charge in [0.25, 0.3) is 0 Å². The second kappa shape index (κ2) is 6.79. The number of ether oxygens (including phenoxy) is 1. The number of hydrogen-bond acceptors (Lipinski definition) is 4. The number of nitrogens with two attached hydrogens (primary N) is 1. The summed E-state index contributed by atoms with van der Waals surface area (Å²) < 4.78 is 8.24. The van der Waals surface area contributed by atoms with Gasteiger partial charge in [-0.2, -0.15) is 5.10 Å². The van der Waals surface area contributed by atoms with Crippen molar-refractivity contribution in [3.8, 4) is 5.75 Å². The maximum Gasteiger partial charge on any atom is 0.125 e. The van der Waals surface area contributed by atoms with E-state index >= 15 is 0 Å². The molecular weight excluding hydrogens is 356 g/mol. The Bertz CT molecular complexity index is 629. The molecule has 0 saturated heterocycles. The van der Waals surface area contributed by atoms with Crippen LogP contribution in [0.2, 0.25) is 5.02 Å². The molecule has 0 fully saturated rings. The molecule has 0 saturated carbocycles. The van der Waals surface area contributed by atoms with Crippen LogP contribution in [0.15, 0.2) is 28.9 Å². The molecule has 21 heavy (non-hydrogen) atoms. The third-order valence-electron chi connectivity index (χ3n) is 3.22. The number of aromatic nitrogens is 2. The van der Waals surface area contributed by atoms with Gasteiger partial charge >= 0.3 is 0 Å². The van der Waals surface area contributed by atoms with E-state index in [9.17, 15) is 0 Å². The van der Waals surface area contributed by atoms with Crippen molar-refractivity contribution in [1.29, 1.82) is 0 Å². The van der Waals surface area contributed by atoms with Crippen molar-refractivity contribution < 1.29 is 4.74 Å². The summed E-state index contributed by atoms with van der Waals surface area (Å²) in [6.45, 7) is 4.08. The molecule has 0 spiro atoms. The molecule has 5 nitrogen and oxygen atoms in total. The minimum atomic E-state index is -0.314. The Kier molecular flexibility index (Phi) is 5.27. The highest BCUT2D eigenvalue weighted by Gasteiger charge is 2.25. The van der Waals surface area contributed by atoms with Crippen LogP contribution in [-0.2, 0) is 0 Å². The summed E-state index contributed by atoms with van der Waals surface area (Å²) in [6, 6.07) is 5.63. The number of hydrazine groups is 1. The van der Waals surface area contributed by atoms with Crippen molar-refractivity contribution in [3.63, 3.8) is 0 Å². The van der Waals surface area contributed by atoms with E-state index in [-0.39, 0.29) is 12.1 Å². The first-order chi connectivity index (χ1) is 9.99. The Hall–Kier alpha value is -1.08. The third-order valence-corrected chi connectivity index (χ3v) is 4.01. The van der Waals surface area contributed by atoms with Crippen LogP contribution in [-0.4, -0.2) is 16.9 Å². The summed E-state index contributed by atoms with van der Waals surface area (Å²) >= 11 is 9.74. The van der Waals surface area contributed by atoms with Gasteiger partial charge in [-0.25, -0.2) is 5.43 Å². The quantitative estimate of drug-likeness (QED) is 0.622. The highest BCUT2D eigenvalue weighted by atomic mass is 79.9. The van der Waals surface area contributed by atoms with Gasteiger partial charge in [0.05, 0.1) is 30.1 Å². The average Bonchev–Trinajstić information content (AvgIpc) is 2.83. The number of benzene rings is 1. The summed E-state index contributed by atoms with van der Waals surface area (Å²) in [5.74, 6) is 6.50. The number of hydrogen-bond donors (Lipinski definition) is 2. The average molecular weight is 374 g/mol. The summed E-state index contributed by atoms with van der Waals surface area (Å²) in [7, 11) is 1.63. The van der Waals surface area contributed by atoms with Gasteiger partial charge in [-0.05, 0) is 26.0 Å². The van der Waals surface area contributed by atoms with Gasteiger partial charge in [-0.1, -0.05) is 33.6 Å². The zero-order valence-corrected chi connectivity index (χ0v) is 14.4. The lowest BCUT2D eigenvalue weighted by molar-refractivity contribution is 0.399. The summed E-state index contributed by atoms with van der Waals surface area (Å²) in [4.78, 5) is 0. The van der Waals surface area contributed by atoms with E-state index in [1.165, 1.54) is 0 Å². The van der Waals surface area contributed by atoms with Crippen molar-refractivity contribution in [3.05, 3.63) is 45.1 Å². The van der Waals surface area contributed by atoms with Crippen LogP contribution in [0.5, 0.6) is 5.75 Å². The van der Waals surface area contributed by atoms with Gasteiger partial charge in [-0.3, -0.25) is 10.5 Å². The summed E-state index contributed by atoms with van der Waals surface area (Å²) in [5.41, 5.74) is 4.52. The molecule has 0 aliphatic carbocycles. The highest BCUT2D eigenvalue weighted by molar-refractivity contribution is 9.10. The smallest absolute Gasteiger partial charge is 0.125 e. The molecule has 114 valence electrons. The molecule has 0 aliphatic rings. The number of methoxy groups -OCH3 is 1. The number of nitrogens with zero attached hydrogens (tertiary/aromatic N) is 2. The molecule has 1 unspecified atom stereocenters. The Morgan fingerprint density at radius 3 is 2.71 bits per heavy atom.